The lowest BCUT2D eigenvalue weighted by molar-refractivity contribution is -0.0398. The van der Waals surface area contributed by atoms with Crippen LogP contribution in [0, 0.1) is 5.41 Å². The average molecular weight is 517 g/mol. The monoisotopic (exact) mass is 516 g/mol. The molecule has 2 atom stereocenters. The Morgan fingerprint density at radius 1 is 1.24 bits per heavy atom. The minimum absolute atomic E-state index is 0.00131. The SMILES string of the molecule is CN(CCN(C)C(=O)OC(C)(C)C)Cc1nn(C2CCCCO2)cc1C1=CCC2(CC1)CC(C)(C)CO2. The van der Waals surface area contributed by atoms with Gasteiger partial charge in [-0.2, -0.15) is 5.10 Å². The average Bonchev–Trinajstić information content (AvgIpc) is 3.38. The van der Waals surface area contributed by atoms with E-state index in [-0.39, 0.29) is 23.3 Å². The molecule has 3 aliphatic rings. The third-order valence-corrected chi connectivity index (χ3v) is 7.69. The van der Waals surface area contributed by atoms with Gasteiger partial charge in [0, 0.05) is 45.0 Å². The van der Waals surface area contributed by atoms with Crippen LogP contribution in [0.25, 0.3) is 5.57 Å². The van der Waals surface area contributed by atoms with Crippen LogP contribution in [-0.2, 0) is 20.8 Å². The second-order valence-electron chi connectivity index (χ2n) is 13.2. The van der Waals surface area contributed by atoms with Crippen molar-refractivity contribution in [2.24, 2.45) is 5.41 Å². The van der Waals surface area contributed by atoms with Gasteiger partial charge in [-0.3, -0.25) is 4.90 Å². The molecule has 2 saturated heterocycles. The molecule has 37 heavy (non-hydrogen) atoms. The zero-order chi connectivity index (χ0) is 26.8. The van der Waals surface area contributed by atoms with E-state index in [1.165, 1.54) is 17.6 Å². The maximum absolute atomic E-state index is 12.4. The summed E-state index contributed by atoms with van der Waals surface area (Å²) in [6, 6.07) is 0. The predicted octanol–water partition coefficient (Wildman–Crippen LogP) is 5.63. The largest absolute Gasteiger partial charge is 0.444 e. The molecule has 0 bridgehead atoms. The summed E-state index contributed by atoms with van der Waals surface area (Å²) in [5.41, 5.74) is 3.44. The fourth-order valence-electron chi connectivity index (χ4n) is 5.72. The zero-order valence-electron chi connectivity index (χ0n) is 24.1. The minimum atomic E-state index is -0.494. The Morgan fingerprint density at radius 3 is 2.62 bits per heavy atom. The summed E-state index contributed by atoms with van der Waals surface area (Å²) in [6.07, 6.45) is 11.8. The Kier molecular flexibility index (Phi) is 8.41. The highest BCUT2D eigenvalue weighted by molar-refractivity contribution is 5.68. The lowest BCUT2D eigenvalue weighted by Crippen LogP contribution is -2.38. The fraction of sp³-hybridized carbons (Fsp3) is 0.793. The van der Waals surface area contributed by atoms with E-state index in [1.54, 1.807) is 11.9 Å². The molecule has 8 nitrogen and oxygen atoms in total. The van der Waals surface area contributed by atoms with Gasteiger partial charge in [0.1, 0.15) is 11.8 Å². The molecular formula is C29H48N4O4. The third kappa shape index (κ3) is 7.36. The van der Waals surface area contributed by atoms with E-state index in [4.69, 9.17) is 19.3 Å². The van der Waals surface area contributed by atoms with Crippen molar-refractivity contribution in [3.05, 3.63) is 23.5 Å². The van der Waals surface area contributed by atoms with Crippen LogP contribution in [0.4, 0.5) is 4.79 Å². The van der Waals surface area contributed by atoms with Gasteiger partial charge in [0.25, 0.3) is 0 Å². The van der Waals surface area contributed by atoms with E-state index in [0.717, 1.165) is 64.0 Å². The van der Waals surface area contributed by atoms with Crippen molar-refractivity contribution in [1.82, 2.24) is 19.6 Å². The molecule has 0 radical (unpaired) electrons. The van der Waals surface area contributed by atoms with Crippen LogP contribution < -0.4 is 0 Å². The maximum atomic E-state index is 12.4. The van der Waals surface area contributed by atoms with Crippen LogP contribution in [0.15, 0.2) is 12.3 Å². The van der Waals surface area contributed by atoms with E-state index in [1.807, 2.05) is 25.5 Å². The molecular weight excluding hydrogens is 468 g/mol. The number of carbonyl (C=O) groups is 1. The molecule has 1 aliphatic carbocycles. The highest BCUT2D eigenvalue weighted by Gasteiger charge is 2.45. The lowest BCUT2D eigenvalue weighted by atomic mass is 9.76. The standard InChI is InChI=1S/C29H48N4O4/c1-27(2,3)37-26(34)32(7)16-15-31(6)19-24-23(18-33(30-24)25-10-8-9-17-35-25)22-11-13-29(14-12-22)20-28(4,5)21-36-29/h11,18,25H,8-10,12-17,19-21H2,1-7H3. The van der Waals surface area contributed by atoms with E-state index >= 15 is 0 Å². The van der Waals surface area contributed by atoms with Gasteiger partial charge < -0.3 is 19.1 Å². The molecule has 1 spiro atoms. The maximum Gasteiger partial charge on any atom is 0.410 e. The van der Waals surface area contributed by atoms with Crippen molar-refractivity contribution in [2.45, 2.75) is 104 Å². The van der Waals surface area contributed by atoms with Crippen molar-refractivity contribution in [3.63, 3.8) is 0 Å². The van der Waals surface area contributed by atoms with E-state index in [2.05, 4.69) is 38.1 Å². The topological polar surface area (TPSA) is 69.1 Å². The summed E-state index contributed by atoms with van der Waals surface area (Å²) >= 11 is 0. The van der Waals surface area contributed by atoms with E-state index in [9.17, 15) is 4.79 Å². The number of carbonyl (C=O) groups excluding carboxylic acids is 1. The lowest BCUT2D eigenvalue weighted by Gasteiger charge is -2.32. The number of hydrogen-bond acceptors (Lipinski definition) is 6. The van der Waals surface area contributed by atoms with Crippen molar-refractivity contribution in [3.8, 4) is 0 Å². The number of aromatic nitrogens is 2. The number of allylic oxidation sites excluding steroid dienone is 1. The molecule has 0 saturated carbocycles. The molecule has 0 N–H and O–H groups in total. The second kappa shape index (κ2) is 11.1. The fourth-order valence-corrected chi connectivity index (χ4v) is 5.72. The van der Waals surface area contributed by atoms with Gasteiger partial charge in [-0.15, -0.1) is 0 Å². The van der Waals surface area contributed by atoms with Crippen molar-refractivity contribution < 1.29 is 19.0 Å². The van der Waals surface area contributed by atoms with Gasteiger partial charge in [0.2, 0.25) is 0 Å². The van der Waals surface area contributed by atoms with Crippen molar-refractivity contribution in [1.29, 1.82) is 0 Å². The minimum Gasteiger partial charge on any atom is -0.444 e. The van der Waals surface area contributed by atoms with Crippen LogP contribution in [0.3, 0.4) is 0 Å². The van der Waals surface area contributed by atoms with Gasteiger partial charge in [-0.1, -0.05) is 19.9 Å². The van der Waals surface area contributed by atoms with Gasteiger partial charge in [0.15, 0.2) is 0 Å². The first-order chi connectivity index (χ1) is 17.3. The smallest absolute Gasteiger partial charge is 0.410 e. The first kappa shape index (κ1) is 28.1. The molecule has 2 unspecified atom stereocenters. The van der Waals surface area contributed by atoms with Gasteiger partial charge >= 0.3 is 6.09 Å². The van der Waals surface area contributed by atoms with Gasteiger partial charge in [-0.25, -0.2) is 9.48 Å². The Hall–Kier alpha value is -1.90. The van der Waals surface area contributed by atoms with E-state index < -0.39 is 5.60 Å². The van der Waals surface area contributed by atoms with Crippen LogP contribution in [-0.4, -0.2) is 77.3 Å². The zero-order valence-corrected chi connectivity index (χ0v) is 24.1. The van der Waals surface area contributed by atoms with Crippen LogP contribution in [0.2, 0.25) is 0 Å². The molecule has 1 amide bonds. The molecule has 2 fully saturated rings. The molecule has 4 rings (SSSR count). The quantitative estimate of drug-likeness (QED) is 0.468. The molecule has 8 heteroatoms. The Bertz CT molecular complexity index is 973. The summed E-state index contributed by atoms with van der Waals surface area (Å²) in [4.78, 5) is 16.2. The number of nitrogens with zero attached hydrogens (tertiary/aromatic N) is 4. The highest BCUT2D eigenvalue weighted by Crippen LogP contribution is 2.47. The Morgan fingerprint density at radius 2 is 2.03 bits per heavy atom. The molecule has 1 aromatic heterocycles. The van der Waals surface area contributed by atoms with E-state index in [0.29, 0.717) is 13.1 Å². The summed E-state index contributed by atoms with van der Waals surface area (Å²) in [7, 11) is 3.87. The van der Waals surface area contributed by atoms with Crippen LogP contribution in [0.1, 0.15) is 97.0 Å². The third-order valence-electron chi connectivity index (χ3n) is 7.69. The van der Waals surface area contributed by atoms with Crippen LogP contribution in [0.5, 0.6) is 0 Å². The summed E-state index contributed by atoms with van der Waals surface area (Å²) in [5, 5.41) is 5.04. The molecule has 0 aromatic carbocycles. The normalized spacial score (nSPS) is 25.9. The van der Waals surface area contributed by atoms with Gasteiger partial charge in [0.05, 0.1) is 17.9 Å². The van der Waals surface area contributed by atoms with Crippen LogP contribution >= 0.6 is 0 Å². The number of likely N-dealkylation sites (N-methyl/N-ethyl adjacent to an activating group) is 2. The summed E-state index contributed by atoms with van der Waals surface area (Å²) in [6.45, 7) is 14.0. The summed E-state index contributed by atoms with van der Waals surface area (Å²) in [5.74, 6) is 0. The Labute approximate surface area is 223 Å². The number of amides is 1. The summed E-state index contributed by atoms with van der Waals surface area (Å²) < 4.78 is 19.9. The first-order valence-corrected chi connectivity index (χ1v) is 14.0. The first-order valence-electron chi connectivity index (χ1n) is 14.0. The number of hydrogen-bond donors (Lipinski definition) is 0. The molecule has 208 valence electrons. The second-order valence-corrected chi connectivity index (χ2v) is 13.2. The highest BCUT2D eigenvalue weighted by atomic mass is 16.6. The number of rotatable bonds is 7. The number of ether oxygens (including phenoxy) is 3. The molecule has 3 heterocycles. The van der Waals surface area contributed by atoms with Crippen molar-refractivity contribution >= 4 is 11.7 Å². The molecule has 1 aromatic rings. The van der Waals surface area contributed by atoms with Gasteiger partial charge in [-0.05, 0) is 83.8 Å². The van der Waals surface area contributed by atoms with Crippen molar-refractivity contribution in [2.75, 3.05) is 40.4 Å². The Balaban J connectivity index is 1.45. The predicted molar refractivity (Wildman–Crippen MR) is 145 cm³/mol. The molecule has 2 aliphatic heterocycles.